The number of halogens is 1. The molecule has 0 aliphatic heterocycles. The lowest BCUT2D eigenvalue weighted by Gasteiger charge is -2.05. The van der Waals surface area contributed by atoms with Crippen LogP contribution in [0.2, 0.25) is 0 Å². The molecule has 2 aromatic carbocycles. The third-order valence-electron chi connectivity index (χ3n) is 3.75. The predicted molar refractivity (Wildman–Crippen MR) is 105 cm³/mol. The second-order valence-electron chi connectivity index (χ2n) is 5.88. The first-order valence-corrected chi connectivity index (χ1v) is 9.36. The Morgan fingerprint density at radius 2 is 1.89 bits per heavy atom. The van der Waals surface area contributed by atoms with Crippen molar-refractivity contribution in [3.63, 3.8) is 0 Å². The van der Waals surface area contributed by atoms with E-state index in [1.807, 2.05) is 36.6 Å². The van der Waals surface area contributed by atoms with Crippen molar-refractivity contribution in [2.75, 3.05) is 10.6 Å². The molecule has 1 heterocycles. The zero-order valence-corrected chi connectivity index (χ0v) is 15.5. The maximum Gasteiger partial charge on any atom is 0.257 e. The number of nitrogens with one attached hydrogen (secondary N) is 2. The monoisotopic (exact) mass is 383 g/mol. The molecule has 0 aliphatic carbocycles. The molecule has 1 aromatic heterocycles. The van der Waals surface area contributed by atoms with E-state index in [0.29, 0.717) is 17.2 Å². The lowest BCUT2D eigenvalue weighted by atomic mass is 10.1. The van der Waals surface area contributed by atoms with Crippen LogP contribution in [0.25, 0.3) is 11.3 Å². The SMILES string of the molecule is CCCC(=O)Nc1ccc(-c2csc(NC(=O)c3cccc(F)c3)n2)cc1. The molecule has 3 aromatic rings. The van der Waals surface area contributed by atoms with Gasteiger partial charge in [-0.05, 0) is 36.8 Å². The van der Waals surface area contributed by atoms with Crippen LogP contribution in [0.15, 0.2) is 53.9 Å². The minimum Gasteiger partial charge on any atom is -0.326 e. The van der Waals surface area contributed by atoms with Gasteiger partial charge in [-0.15, -0.1) is 11.3 Å². The minimum absolute atomic E-state index is 0.0127. The summed E-state index contributed by atoms with van der Waals surface area (Å²) in [5.41, 5.74) is 2.54. The number of amides is 2. The first-order chi connectivity index (χ1) is 13.0. The highest BCUT2D eigenvalue weighted by atomic mass is 32.1. The van der Waals surface area contributed by atoms with Crippen molar-refractivity contribution in [3.05, 3.63) is 65.3 Å². The Balaban J connectivity index is 1.66. The summed E-state index contributed by atoms with van der Waals surface area (Å²) in [6.07, 6.45) is 1.29. The number of rotatable bonds is 6. The van der Waals surface area contributed by atoms with E-state index < -0.39 is 11.7 Å². The zero-order valence-electron chi connectivity index (χ0n) is 14.7. The maximum atomic E-state index is 13.2. The van der Waals surface area contributed by atoms with Crippen molar-refractivity contribution < 1.29 is 14.0 Å². The van der Waals surface area contributed by atoms with E-state index in [0.717, 1.165) is 17.7 Å². The number of aromatic nitrogens is 1. The largest absolute Gasteiger partial charge is 0.326 e. The molecule has 138 valence electrons. The van der Waals surface area contributed by atoms with Crippen LogP contribution in [0.3, 0.4) is 0 Å². The van der Waals surface area contributed by atoms with Gasteiger partial charge in [-0.1, -0.05) is 25.1 Å². The van der Waals surface area contributed by atoms with E-state index in [1.165, 1.54) is 29.5 Å². The van der Waals surface area contributed by atoms with Gasteiger partial charge < -0.3 is 5.32 Å². The standard InChI is InChI=1S/C20H18FN3O2S/c1-2-4-18(25)22-16-9-7-13(8-10-16)17-12-27-20(23-17)24-19(26)14-5-3-6-15(21)11-14/h3,5-12H,2,4H2,1H3,(H,22,25)(H,23,24,26). The Morgan fingerprint density at radius 3 is 2.59 bits per heavy atom. The summed E-state index contributed by atoms with van der Waals surface area (Å²) in [6.45, 7) is 1.95. The van der Waals surface area contributed by atoms with Crippen molar-refractivity contribution in [2.24, 2.45) is 0 Å². The van der Waals surface area contributed by atoms with E-state index in [1.54, 1.807) is 6.07 Å². The van der Waals surface area contributed by atoms with Gasteiger partial charge in [0.15, 0.2) is 5.13 Å². The van der Waals surface area contributed by atoms with Crippen LogP contribution in [-0.4, -0.2) is 16.8 Å². The molecule has 2 amide bonds. The first kappa shape index (κ1) is 18.7. The summed E-state index contributed by atoms with van der Waals surface area (Å²) in [6, 6.07) is 12.8. The summed E-state index contributed by atoms with van der Waals surface area (Å²) >= 11 is 1.29. The highest BCUT2D eigenvalue weighted by Crippen LogP contribution is 2.26. The number of anilines is 2. The zero-order chi connectivity index (χ0) is 19.2. The number of benzene rings is 2. The van der Waals surface area contributed by atoms with Crippen LogP contribution in [0.5, 0.6) is 0 Å². The van der Waals surface area contributed by atoms with Gasteiger partial charge in [0.1, 0.15) is 5.82 Å². The summed E-state index contributed by atoms with van der Waals surface area (Å²) in [5.74, 6) is -0.890. The molecule has 0 aliphatic rings. The molecule has 0 saturated carbocycles. The van der Waals surface area contributed by atoms with Crippen molar-refractivity contribution in [1.29, 1.82) is 0 Å². The fourth-order valence-corrected chi connectivity index (χ4v) is 3.15. The number of nitrogens with zero attached hydrogens (tertiary/aromatic N) is 1. The number of carbonyl (C=O) groups is 2. The highest BCUT2D eigenvalue weighted by molar-refractivity contribution is 7.14. The molecule has 0 bridgehead atoms. The third kappa shape index (κ3) is 4.98. The van der Waals surface area contributed by atoms with Gasteiger partial charge in [0.2, 0.25) is 5.91 Å². The van der Waals surface area contributed by atoms with Gasteiger partial charge in [-0.2, -0.15) is 0 Å². The molecule has 0 saturated heterocycles. The fraction of sp³-hybridized carbons (Fsp3) is 0.150. The van der Waals surface area contributed by atoms with Crippen LogP contribution >= 0.6 is 11.3 Å². The van der Waals surface area contributed by atoms with Crippen molar-refractivity contribution in [3.8, 4) is 11.3 Å². The Labute approximate surface area is 160 Å². The van der Waals surface area contributed by atoms with Gasteiger partial charge in [0, 0.05) is 28.6 Å². The number of carbonyl (C=O) groups excluding carboxylic acids is 2. The van der Waals surface area contributed by atoms with E-state index >= 15 is 0 Å². The average Bonchev–Trinajstić information content (AvgIpc) is 3.11. The molecular weight excluding hydrogens is 365 g/mol. The van der Waals surface area contributed by atoms with Crippen molar-refractivity contribution in [1.82, 2.24) is 4.98 Å². The lowest BCUT2D eigenvalue weighted by molar-refractivity contribution is -0.116. The molecule has 27 heavy (non-hydrogen) atoms. The molecule has 3 rings (SSSR count). The van der Waals surface area contributed by atoms with Crippen LogP contribution in [0.1, 0.15) is 30.1 Å². The highest BCUT2D eigenvalue weighted by Gasteiger charge is 2.11. The summed E-state index contributed by atoms with van der Waals surface area (Å²) in [4.78, 5) is 28.2. The van der Waals surface area contributed by atoms with Gasteiger partial charge in [-0.25, -0.2) is 9.37 Å². The van der Waals surface area contributed by atoms with E-state index in [4.69, 9.17) is 0 Å². The third-order valence-corrected chi connectivity index (χ3v) is 4.51. The van der Waals surface area contributed by atoms with Gasteiger partial charge in [-0.3, -0.25) is 14.9 Å². The van der Waals surface area contributed by atoms with E-state index in [9.17, 15) is 14.0 Å². The summed E-state index contributed by atoms with van der Waals surface area (Å²) < 4.78 is 13.2. The van der Waals surface area contributed by atoms with Crippen LogP contribution in [-0.2, 0) is 4.79 Å². The molecular formula is C20H18FN3O2S. The van der Waals surface area contributed by atoms with E-state index in [-0.39, 0.29) is 11.5 Å². The van der Waals surface area contributed by atoms with Gasteiger partial charge in [0.25, 0.3) is 5.91 Å². The summed E-state index contributed by atoms with van der Waals surface area (Å²) in [5, 5.41) is 7.76. The molecule has 7 heteroatoms. The van der Waals surface area contributed by atoms with Crippen LogP contribution < -0.4 is 10.6 Å². The normalized spacial score (nSPS) is 10.4. The summed E-state index contributed by atoms with van der Waals surface area (Å²) in [7, 11) is 0. The minimum atomic E-state index is -0.464. The van der Waals surface area contributed by atoms with Crippen molar-refractivity contribution in [2.45, 2.75) is 19.8 Å². The van der Waals surface area contributed by atoms with Crippen LogP contribution in [0, 0.1) is 5.82 Å². The Morgan fingerprint density at radius 1 is 1.11 bits per heavy atom. The second kappa shape index (κ2) is 8.55. The maximum absolute atomic E-state index is 13.2. The Hall–Kier alpha value is -3.06. The smallest absolute Gasteiger partial charge is 0.257 e. The van der Waals surface area contributed by atoms with Gasteiger partial charge in [0.05, 0.1) is 5.69 Å². The molecule has 0 spiro atoms. The molecule has 2 N–H and O–H groups in total. The Bertz CT molecular complexity index is 954. The fourth-order valence-electron chi connectivity index (χ4n) is 2.44. The van der Waals surface area contributed by atoms with Crippen molar-refractivity contribution >= 4 is 34.0 Å². The number of thiazole rings is 1. The van der Waals surface area contributed by atoms with E-state index in [2.05, 4.69) is 15.6 Å². The molecule has 0 radical (unpaired) electrons. The Kier molecular flexibility index (Phi) is 5.93. The number of hydrogen-bond acceptors (Lipinski definition) is 4. The van der Waals surface area contributed by atoms with Crippen LogP contribution in [0.4, 0.5) is 15.2 Å². The number of hydrogen-bond donors (Lipinski definition) is 2. The second-order valence-corrected chi connectivity index (χ2v) is 6.74. The molecule has 0 unspecified atom stereocenters. The molecule has 0 fully saturated rings. The predicted octanol–water partition coefficient (Wildman–Crippen LogP) is 4.94. The van der Waals surface area contributed by atoms with Gasteiger partial charge >= 0.3 is 0 Å². The first-order valence-electron chi connectivity index (χ1n) is 8.48. The lowest BCUT2D eigenvalue weighted by Crippen LogP contribution is -2.11. The average molecular weight is 383 g/mol. The molecule has 5 nitrogen and oxygen atoms in total. The quantitative estimate of drug-likeness (QED) is 0.633. The topological polar surface area (TPSA) is 71.1 Å². The molecule has 0 atom stereocenters.